The summed E-state index contributed by atoms with van der Waals surface area (Å²) in [7, 11) is 0. The maximum absolute atomic E-state index is 12.1. The van der Waals surface area contributed by atoms with Crippen LogP contribution in [0.1, 0.15) is 47.7 Å². The summed E-state index contributed by atoms with van der Waals surface area (Å²) in [6.45, 7) is 2.43. The van der Waals surface area contributed by atoms with Gasteiger partial charge < -0.3 is 0 Å². The summed E-state index contributed by atoms with van der Waals surface area (Å²) in [6, 6.07) is 17.2. The van der Waals surface area contributed by atoms with Gasteiger partial charge in [-0.1, -0.05) is 67.9 Å². The van der Waals surface area contributed by atoms with Crippen LogP contribution in [-0.4, -0.2) is 11.7 Å². The maximum Gasteiger partial charge on any atom is 0.243 e. The van der Waals surface area contributed by atoms with E-state index in [0.29, 0.717) is 12.2 Å². The first-order valence-electron chi connectivity index (χ1n) is 8.25. The average molecular weight is 325 g/mol. The van der Waals surface area contributed by atoms with Crippen molar-refractivity contribution in [1.82, 2.24) is 5.48 Å². The second kappa shape index (κ2) is 9.63. The van der Waals surface area contributed by atoms with Gasteiger partial charge in [0.15, 0.2) is 5.78 Å². The van der Waals surface area contributed by atoms with Crippen LogP contribution in [0.5, 0.6) is 0 Å². The molecule has 4 nitrogen and oxygen atoms in total. The fourth-order valence-electron chi connectivity index (χ4n) is 2.34. The van der Waals surface area contributed by atoms with Gasteiger partial charge in [0.05, 0.1) is 6.61 Å². The number of aryl methyl sites for hydroxylation is 1. The normalized spacial score (nSPS) is 10.4. The van der Waals surface area contributed by atoms with E-state index in [1.807, 2.05) is 54.6 Å². The summed E-state index contributed by atoms with van der Waals surface area (Å²) in [5.41, 5.74) is 5.22. The standard InChI is InChI=1S/C20H23NO3/c1-2-6-16-9-11-18(12-10-16)19(22)13-14-20(23)21-24-15-17-7-4-3-5-8-17/h3-5,7-12H,2,6,13-15H2,1H3,(H,21,23). The minimum absolute atomic E-state index is 0.0312. The van der Waals surface area contributed by atoms with Gasteiger partial charge in [-0.3, -0.25) is 14.4 Å². The predicted molar refractivity (Wildman–Crippen MR) is 93.4 cm³/mol. The fourth-order valence-corrected chi connectivity index (χ4v) is 2.34. The van der Waals surface area contributed by atoms with E-state index in [1.54, 1.807) is 0 Å². The van der Waals surface area contributed by atoms with Crippen molar-refractivity contribution in [2.75, 3.05) is 0 Å². The summed E-state index contributed by atoms with van der Waals surface area (Å²) in [4.78, 5) is 29.0. The highest BCUT2D eigenvalue weighted by Crippen LogP contribution is 2.10. The Labute approximate surface area is 142 Å². The van der Waals surface area contributed by atoms with Crippen LogP contribution in [0, 0.1) is 0 Å². The van der Waals surface area contributed by atoms with Crippen molar-refractivity contribution < 1.29 is 14.4 Å². The van der Waals surface area contributed by atoms with Crippen LogP contribution in [0.4, 0.5) is 0 Å². The minimum Gasteiger partial charge on any atom is -0.294 e. The van der Waals surface area contributed by atoms with E-state index in [1.165, 1.54) is 5.56 Å². The van der Waals surface area contributed by atoms with E-state index in [4.69, 9.17) is 4.84 Å². The van der Waals surface area contributed by atoms with E-state index in [0.717, 1.165) is 18.4 Å². The number of rotatable bonds is 9. The van der Waals surface area contributed by atoms with E-state index < -0.39 is 0 Å². The lowest BCUT2D eigenvalue weighted by Gasteiger charge is -2.06. The number of hydrogen-bond acceptors (Lipinski definition) is 3. The molecule has 0 aliphatic carbocycles. The Morgan fingerprint density at radius 2 is 1.62 bits per heavy atom. The molecule has 2 rings (SSSR count). The van der Waals surface area contributed by atoms with Gasteiger partial charge in [0, 0.05) is 18.4 Å². The molecule has 126 valence electrons. The molecule has 0 saturated heterocycles. The third kappa shape index (κ3) is 5.97. The molecule has 2 aromatic rings. The molecule has 2 aromatic carbocycles. The molecule has 4 heteroatoms. The van der Waals surface area contributed by atoms with Gasteiger partial charge in [0.1, 0.15) is 0 Å². The summed E-state index contributed by atoms with van der Waals surface area (Å²) in [6.07, 6.45) is 2.38. The average Bonchev–Trinajstić information content (AvgIpc) is 2.61. The van der Waals surface area contributed by atoms with E-state index in [9.17, 15) is 9.59 Å². The fraction of sp³-hybridized carbons (Fsp3) is 0.300. The van der Waals surface area contributed by atoms with Crippen LogP contribution in [0.15, 0.2) is 54.6 Å². The van der Waals surface area contributed by atoms with Crippen molar-refractivity contribution in [3.8, 4) is 0 Å². The number of Topliss-reactive ketones (excluding diaryl/α,β-unsaturated/α-hetero) is 1. The van der Waals surface area contributed by atoms with Gasteiger partial charge in [-0.25, -0.2) is 5.48 Å². The molecule has 0 atom stereocenters. The van der Waals surface area contributed by atoms with Crippen LogP contribution in [0.25, 0.3) is 0 Å². The highest BCUT2D eigenvalue weighted by molar-refractivity contribution is 5.97. The van der Waals surface area contributed by atoms with Crippen molar-refractivity contribution in [3.05, 3.63) is 71.3 Å². The highest BCUT2D eigenvalue weighted by atomic mass is 16.6. The highest BCUT2D eigenvalue weighted by Gasteiger charge is 2.09. The Morgan fingerprint density at radius 3 is 2.29 bits per heavy atom. The first-order chi connectivity index (χ1) is 11.7. The van der Waals surface area contributed by atoms with Crippen LogP contribution in [-0.2, 0) is 22.7 Å². The Kier molecular flexibility index (Phi) is 7.18. The van der Waals surface area contributed by atoms with Crippen molar-refractivity contribution in [2.24, 2.45) is 0 Å². The van der Waals surface area contributed by atoms with Crippen molar-refractivity contribution >= 4 is 11.7 Å². The van der Waals surface area contributed by atoms with Crippen molar-refractivity contribution in [1.29, 1.82) is 0 Å². The molecule has 0 aliphatic heterocycles. The Morgan fingerprint density at radius 1 is 0.917 bits per heavy atom. The van der Waals surface area contributed by atoms with Gasteiger partial charge in [0.2, 0.25) is 5.91 Å². The molecule has 0 radical (unpaired) electrons. The number of nitrogens with one attached hydrogen (secondary N) is 1. The second-order valence-corrected chi connectivity index (χ2v) is 5.67. The zero-order chi connectivity index (χ0) is 17.2. The zero-order valence-electron chi connectivity index (χ0n) is 14.0. The maximum atomic E-state index is 12.1. The molecule has 0 bridgehead atoms. The largest absolute Gasteiger partial charge is 0.294 e. The lowest BCUT2D eigenvalue weighted by Crippen LogP contribution is -2.24. The minimum atomic E-state index is -0.290. The van der Waals surface area contributed by atoms with Gasteiger partial charge >= 0.3 is 0 Å². The summed E-state index contributed by atoms with van der Waals surface area (Å²) >= 11 is 0. The van der Waals surface area contributed by atoms with Gasteiger partial charge in [-0.15, -0.1) is 0 Å². The molecule has 1 N–H and O–H groups in total. The summed E-state index contributed by atoms with van der Waals surface area (Å²) in [5, 5.41) is 0. The Bertz CT molecular complexity index is 650. The molecule has 0 aromatic heterocycles. The zero-order valence-corrected chi connectivity index (χ0v) is 14.0. The second-order valence-electron chi connectivity index (χ2n) is 5.67. The number of amides is 1. The molecule has 0 fully saturated rings. The van der Waals surface area contributed by atoms with Gasteiger partial charge in [-0.2, -0.15) is 0 Å². The van der Waals surface area contributed by atoms with E-state index in [-0.39, 0.29) is 24.5 Å². The number of benzene rings is 2. The van der Waals surface area contributed by atoms with Gasteiger partial charge in [-0.05, 0) is 17.5 Å². The Balaban J connectivity index is 1.69. The summed E-state index contributed by atoms with van der Waals surface area (Å²) < 4.78 is 0. The molecule has 0 spiro atoms. The van der Waals surface area contributed by atoms with Crippen LogP contribution >= 0.6 is 0 Å². The smallest absolute Gasteiger partial charge is 0.243 e. The lowest BCUT2D eigenvalue weighted by molar-refractivity contribution is -0.134. The molecule has 1 amide bonds. The first kappa shape index (κ1) is 17.9. The predicted octanol–water partition coefficient (Wildman–Crippen LogP) is 3.85. The molecule has 0 saturated carbocycles. The number of carbonyl (C=O) groups excluding carboxylic acids is 2. The Hall–Kier alpha value is -2.46. The quantitative estimate of drug-likeness (QED) is 0.563. The third-order valence-corrected chi connectivity index (χ3v) is 3.66. The molecule has 0 aliphatic rings. The molecular formula is C20H23NO3. The molecule has 24 heavy (non-hydrogen) atoms. The number of hydrogen-bond donors (Lipinski definition) is 1. The topological polar surface area (TPSA) is 55.4 Å². The molecular weight excluding hydrogens is 302 g/mol. The molecule has 0 heterocycles. The van der Waals surface area contributed by atoms with E-state index in [2.05, 4.69) is 12.4 Å². The van der Waals surface area contributed by atoms with Crippen LogP contribution in [0.3, 0.4) is 0 Å². The van der Waals surface area contributed by atoms with E-state index >= 15 is 0 Å². The number of hydroxylamine groups is 1. The first-order valence-corrected chi connectivity index (χ1v) is 8.25. The SMILES string of the molecule is CCCc1ccc(C(=O)CCC(=O)NOCc2ccccc2)cc1. The van der Waals surface area contributed by atoms with Crippen molar-refractivity contribution in [2.45, 2.75) is 39.2 Å². The monoisotopic (exact) mass is 325 g/mol. The van der Waals surface area contributed by atoms with Crippen LogP contribution in [0.2, 0.25) is 0 Å². The lowest BCUT2D eigenvalue weighted by atomic mass is 10.0. The van der Waals surface area contributed by atoms with Crippen LogP contribution < -0.4 is 5.48 Å². The summed E-state index contributed by atoms with van der Waals surface area (Å²) in [5.74, 6) is -0.321. The number of ketones is 1. The van der Waals surface area contributed by atoms with Gasteiger partial charge in [0.25, 0.3) is 0 Å². The van der Waals surface area contributed by atoms with Crippen molar-refractivity contribution in [3.63, 3.8) is 0 Å². The third-order valence-electron chi connectivity index (χ3n) is 3.66. The number of carbonyl (C=O) groups is 2. The molecule has 0 unspecified atom stereocenters.